The van der Waals surface area contributed by atoms with E-state index >= 15 is 0 Å². The highest BCUT2D eigenvalue weighted by Crippen LogP contribution is 2.49. The third kappa shape index (κ3) is 2.35. The van der Waals surface area contributed by atoms with Gasteiger partial charge in [-0.15, -0.1) is 16.7 Å². The number of rotatable bonds is 5. The van der Waals surface area contributed by atoms with Gasteiger partial charge in [0.25, 0.3) is 0 Å². The molecule has 1 aromatic rings. The van der Waals surface area contributed by atoms with Gasteiger partial charge < -0.3 is 9.73 Å². The molecule has 18 heavy (non-hydrogen) atoms. The van der Waals surface area contributed by atoms with Crippen molar-refractivity contribution in [1.29, 1.82) is 0 Å². The molecule has 0 saturated heterocycles. The summed E-state index contributed by atoms with van der Waals surface area (Å²) < 4.78 is 5.52. The smallest absolute Gasteiger partial charge is 0.315 e. The van der Waals surface area contributed by atoms with Crippen LogP contribution >= 0.6 is 11.6 Å². The van der Waals surface area contributed by atoms with Gasteiger partial charge in [-0.25, -0.2) is 0 Å². The van der Waals surface area contributed by atoms with Crippen molar-refractivity contribution in [3.05, 3.63) is 5.89 Å². The van der Waals surface area contributed by atoms with Gasteiger partial charge in [0.1, 0.15) is 0 Å². The Labute approximate surface area is 112 Å². The third-order valence-corrected chi connectivity index (χ3v) is 4.75. The fourth-order valence-electron chi connectivity index (χ4n) is 3.70. The summed E-state index contributed by atoms with van der Waals surface area (Å²) in [6.07, 6.45) is 6.27. The van der Waals surface area contributed by atoms with Gasteiger partial charge in [-0.3, -0.25) is 0 Å². The second-order valence-electron chi connectivity index (χ2n) is 5.71. The van der Waals surface area contributed by atoms with Crippen LogP contribution in [0.2, 0.25) is 0 Å². The number of alkyl halides is 1. The lowest BCUT2D eigenvalue weighted by Crippen LogP contribution is -2.30. The van der Waals surface area contributed by atoms with E-state index in [0.29, 0.717) is 30.2 Å². The summed E-state index contributed by atoms with van der Waals surface area (Å²) in [4.78, 5) is 0. The average molecular weight is 270 g/mol. The quantitative estimate of drug-likeness (QED) is 0.835. The molecule has 2 saturated carbocycles. The molecule has 0 amide bonds. The summed E-state index contributed by atoms with van der Waals surface area (Å²) in [6, 6.07) is 0.968. The standard InChI is InChI=1S/C13H20ClN3O/c1-8(11-7-9-2-3-10(11)6-9)15-13-17-16-12(18-13)4-5-14/h8-11H,2-7H2,1H3,(H,15,17). The Morgan fingerprint density at radius 2 is 2.28 bits per heavy atom. The maximum absolute atomic E-state index is 5.65. The van der Waals surface area contributed by atoms with E-state index < -0.39 is 0 Å². The molecule has 5 heteroatoms. The van der Waals surface area contributed by atoms with E-state index in [9.17, 15) is 0 Å². The number of hydrogen-bond donors (Lipinski definition) is 1. The first-order chi connectivity index (χ1) is 8.76. The van der Waals surface area contributed by atoms with Crippen LogP contribution in [0.15, 0.2) is 4.42 Å². The van der Waals surface area contributed by atoms with Gasteiger partial charge in [-0.05, 0) is 43.9 Å². The molecule has 1 N–H and O–H groups in total. The minimum atomic E-state index is 0.421. The number of fused-ring (bicyclic) bond motifs is 2. The summed E-state index contributed by atoms with van der Waals surface area (Å²) in [7, 11) is 0. The topological polar surface area (TPSA) is 51.0 Å². The van der Waals surface area contributed by atoms with Crippen LogP contribution in [0, 0.1) is 17.8 Å². The Kier molecular flexibility index (Phi) is 3.46. The van der Waals surface area contributed by atoms with Crippen molar-refractivity contribution in [3.8, 4) is 0 Å². The molecular weight excluding hydrogens is 250 g/mol. The second kappa shape index (κ2) is 5.08. The lowest BCUT2D eigenvalue weighted by molar-refractivity contribution is 0.300. The van der Waals surface area contributed by atoms with Crippen molar-refractivity contribution < 1.29 is 4.42 Å². The van der Waals surface area contributed by atoms with Crippen molar-refractivity contribution in [2.24, 2.45) is 17.8 Å². The van der Waals surface area contributed by atoms with Gasteiger partial charge in [0.05, 0.1) is 0 Å². The highest BCUT2D eigenvalue weighted by Gasteiger charge is 2.42. The molecule has 3 rings (SSSR count). The molecule has 4 atom stereocenters. The Morgan fingerprint density at radius 1 is 1.39 bits per heavy atom. The first-order valence-corrected chi connectivity index (χ1v) is 7.44. The molecule has 1 aromatic heterocycles. The molecule has 0 aromatic carbocycles. The van der Waals surface area contributed by atoms with E-state index in [4.69, 9.17) is 16.0 Å². The SMILES string of the molecule is CC(Nc1nnc(CCCl)o1)C1CC2CCC1C2. The van der Waals surface area contributed by atoms with Gasteiger partial charge in [0.2, 0.25) is 5.89 Å². The fraction of sp³-hybridized carbons (Fsp3) is 0.846. The molecule has 2 bridgehead atoms. The van der Waals surface area contributed by atoms with Gasteiger partial charge in [-0.1, -0.05) is 11.5 Å². The van der Waals surface area contributed by atoms with Gasteiger partial charge >= 0.3 is 6.01 Å². The van der Waals surface area contributed by atoms with E-state index in [1.54, 1.807) is 0 Å². The zero-order valence-electron chi connectivity index (χ0n) is 10.7. The van der Waals surface area contributed by atoms with Crippen LogP contribution in [0.1, 0.15) is 38.5 Å². The maximum atomic E-state index is 5.65. The molecular formula is C13H20ClN3O. The minimum Gasteiger partial charge on any atom is -0.408 e. The van der Waals surface area contributed by atoms with E-state index in [-0.39, 0.29) is 0 Å². The average Bonchev–Trinajstić information content (AvgIpc) is 3.05. The lowest BCUT2D eigenvalue weighted by atomic mass is 9.84. The van der Waals surface area contributed by atoms with Crippen LogP contribution in [-0.2, 0) is 6.42 Å². The summed E-state index contributed by atoms with van der Waals surface area (Å²) in [5.41, 5.74) is 0. The molecule has 2 aliphatic rings. The summed E-state index contributed by atoms with van der Waals surface area (Å²) >= 11 is 5.65. The van der Waals surface area contributed by atoms with Crippen molar-refractivity contribution in [3.63, 3.8) is 0 Å². The van der Waals surface area contributed by atoms with Crippen molar-refractivity contribution in [2.75, 3.05) is 11.2 Å². The molecule has 1 heterocycles. The number of aryl methyl sites for hydroxylation is 1. The highest BCUT2D eigenvalue weighted by atomic mass is 35.5. The Balaban J connectivity index is 1.58. The van der Waals surface area contributed by atoms with Crippen LogP contribution < -0.4 is 5.32 Å². The summed E-state index contributed by atoms with van der Waals surface area (Å²) in [5.74, 6) is 3.78. The number of nitrogens with one attached hydrogen (secondary N) is 1. The van der Waals surface area contributed by atoms with Gasteiger partial charge in [0, 0.05) is 18.3 Å². The number of hydrogen-bond acceptors (Lipinski definition) is 4. The molecule has 4 nitrogen and oxygen atoms in total. The summed E-state index contributed by atoms with van der Waals surface area (Å²) in [6.45, 7) is 2.23. The van der Waals surface area contributed by atoms with Crippen LogP contribution in [0.25, 0.3) is 0 Å². The number of nitrogens with zero attached hydrogens (tertiary/aromatic N) is 2. The zero-order valence-corrected chi connectivity index (χ0v) is 11.5. The number of aromatic nitrogens is 2. The molecule has 2 aliphatic carbocycles. The first kappa shape index (κ1) is 12.3. The monoisotopic (exact) mass is 269 g/mol. The van der Waals surface area contributed by atoms with E-state index in [1.807, 2.05) is 0 Å². The molecule has 0 aliphatic heterocycles. The van der Waals surface area contributed by atoms with Crippen molar-refractivity contribution >= 4 is 17.6 Å². The van der Waals surface area contributed by atoms with E-state index in [1.165, 1.54) is 25.7 Å². The van der Waals surface area contributed by atoms with E-state index in [2.05, 4.69) is 22.4 Å². The normalized spacial score (nSPS) is 31.8. The summed E-state index contributed by atoms with van der Waals surface area (Å²) in [5, 5.41) is 11.4. The molecule has 2 fully saturated rings. The fourth-order valence-corrected chi connectivity index (χ4v) is 3.86. The van der Waals surface area contributed by atoms with Crippen LogP contribution in [0.3, 0.4) is 0 Å². The number of anilines is 1. The minimum absolute atomic E-state index is 0.421. The second-order valence-corrected chi connectivity index (χ2v) is 6.09. The first-order valence-electron chi connectivity index (χ1n) is 6.91. The molecule has 4 unspecified atom stereocenters. The van der Waals surface area contributed by atoms with Crippen LogP contribution in [0.4, 0.5) is 6.01 Å². The third-order valence-electron chi connectivity index (χ3n) is 4.56. The highest BCUT2D eigenvalue weighted by molar-refractivity contribution is 6.17. The van der Waals surface area contributed by atoms with E-state index in [0.717, 1.165) is 17.8 Å². The zero-order chi connectivity index (χ0) is 12.5. The Hall–Kier alpha value is -0.770. The number of halogens is 1. The van der Waals surface area contributed by atoms with Crippen LogP contribution in [-0.4, -0.2) is 22.1 Å². The predicted molar refractivity (Wildman–Crippen MR) is 70.7 cm³/mol. The van der Waals surface area contributed by atoms with Gasteiger partial charge in [0.15, 0.2) is 0 Å². The largest absolute Gasteiger partial charge is 0.408 e. The van der Waals surface area contributed by atoms with Crippen molar-refractivity contribution in [2.45, 2.75) is 45.1 Å². The Morgan fingerprint density at radius 3 is 2.94 bits per heavy atom. The maximum Gasteiger partial charge on any atom is 0.315 e. The van der Waals surface area contributed by atoms with Gasteiger partial charge in [-0.2, -0.15) is 0 Å². The lowest BCUT2D eigenvalue weighted by Gasteiger charge is -2.27. The van der Waals surface area contributed by atoms with Crippen molar-refractivity contribution in [1.82, 2.24) is 10.2 Å². The molecule has 0 radical (unpaired) electrons. The molecule has 0 spiro atoms. The predicted octanol–water partition coefficient (Wildman–Crippen LogP) is 3.09. The van der Waals surface area contributed by atoms with Crippen LogP contribution in [0.5, 0.6) is 0 Å². The Bertz CT molecular complexity index is 409. The molecule has 100 valence electrons.